The molecule has 0 saturated heterocycles. The summed E-state index contributed by atoms with van der Waals surface area (Å²) in [7, 11) is 0.788. The first kappa shape index (κ1) is 36.8. The van der Waals surface area contributed by atoms with Crippen LogP contribution in [0, 0.1) is 25.9 Å². The average molecular weight is 977 g/mol. The van der Waals surface area contributed by atoms with Crippen molar-refractivity contribution in [2.24, 2.45) is 7.05 Å². The Bertz CT molecular complexity index is 3160. The number of benzene rings is 6. The molecule has 0 unspecified atom stereocenters. The molecule has 1 radical (unpaired) electrons. The van der Waals surface area contributed by atoms with Crippen molar-refractivity contribution in [1.82, 2.24) is 14.5 Å². The van der Waals surface area contributed by atoms with E-state index in [2.05, 4.69) is 83.3 Å². The van der Waals surface area contributed by atoms with Gasteiger partial charge in [0.1, 0.15) is 16.8 Å². The standard InChI is InChI=1S/C39H29N3O.C14H16NSi.Ir/c1-25-21-32(27-13-6-4-7-14-27)36(33(22-25)28-15-8-5-9-16-28)42-38(40-34-23-26(2)24-41(3)39(34)42)31-19-12-18-30-29-17-10-11-20-35(29)43-37(30)31;1-16(2,3)13-9-10-14(15-11-13)12-7-5-4-6-8-12;/h4-18,20-24H,1-3H3;4-7,9-11H,1-3H3;/q;-1;/i1D3;;. The van der Waals surface area contributed by atoms with Crippen LogP contribution in [0.4, 0.5) is 0 Å². The molecule has 0 spiro atoms. The zero-order chi connectivity index (χ0) is 43.2. The maximum Gasteiger partial charge on any atom is 0.304 e. The Labute approximate surface area is 370 Å². The number of hydrogen-bond acceptors (Lipinski definition) is 3. The number of fused-ring (bicyclic) bond motifs is 4. The maximum atomic E-state index is 8.44. The van der Waals surface area contributed by atoms with Gasteiger partial charge in [-0.15, -0.1) is 54.1 Å². The molecule has 297 valence electrons. The first-order valence-electron chi connectivity index (χ1n) is 21.3. The Kier molecular flexibility index (Phi) is 10.3. The van der Waals surface area contributed by atoms with Crippen LogP contribution in [0.3, 0.4) is 0 Å². The van der Waals surface area contributed by atoms with Crippen molar-refractivity contribution < 1.29 is 33.2 Å². The minimum atomic E-state index is -2.32. The quantitative estimate of drug-likeness (QED) is 0.0948. The molecule has 10 rings (SSSR count). The van der Waals surface area contributed by atoms with Gasteiger partial charge in [0.05, 0.1) is 26.9 Å². The van der Waals surface area contributed by atoms with Crippen molar-refractivity contribution in [2.75, 3.05) is 0 Å². The second kappa shape index (κ2) is 16.8. The van der Waals surface area contributed by atoms with E-state index in [0.717, 1.165) is 77.8 Å². The van der Waals surface area contributed by atoms with Gasteiger partial charge < -0.3 is 9.40 Å². The minimum Gasteiger partial charge on any atom is -0.500 e. The van der Waals surface area contributed by atoms with E-state index in [1.54, 1.807) is 12.1 Å². The summed E-state index contributed by atoms with van der Waals surface area (Å²) >= 11 is 0. The molecule has 6 aromatic carbocycles. The number of aryl methyl sites for hydroxylation is 3. The van der Waals surface area contributed by atoms with Crippen molar-refractivity contribution in [3.63, 3.8) is 0 Å². The first-order chi connectivity index (χ1) is 29.8. The van der Waals surface area contributed by atoms with Crippen LogP contribution >= 0.6 is 0 Å². The summed E-state index contributed by atoms with van der Waals surface area (Å²) in [5.41, 5.74) is 11.5. The number of nitrogens with zero attached hydrogens (tertiary/aromatic N) is 4. The summed E-state index contributed by atoms with van der Waals surface area (Å²) in [5, 5.41) is 3.40. The smallest absolute Gasteiger partial charge is 0.304 e. The molecule has 0 atom stereocenters. The summed E-state index contributed by atoms with van der Waals surface area (Å²) in [6, 6.07) is 56.5. The second-order valence-electron chi connectivity index (χ2n) is 15.9. The average Bonchev–Trinajstić information content (AvgIpc) is 3.85. The molecule has 4 heterocycles. The topological polar surface area (TPSA) is 47.7 Å². The van der Waals surface area contributed by atoms with Crippen LogP contribution in [0.5, 0.6) is 0 Å². The molecule has 0 aliphatic heterocycles. The first-order valence-corrected chi connectivity index (χ1v) is 23.3. The summed E-state index contributed by atoms with van der Waals surface area (Å²) in [6.45, 7) is 6.73. The van der Waals surface area contributed by atoms with Gasteiger partial charge in [0.25, 0.3) is 0 Å². The number of imidazole rings is 1. The van der Waals surface area contributed by atoms with Crippen LogP contribution in [0.2, 0.25) is 19.6 Å². The van der Waals surface area contributed by atoms with Gasteiger partial charge in [-0.1, -0.05) is 116 Å². The van der Waals surface area contributed by atoms with E-state index in [9.17, 15) is 0 Å². The summed E-state index contributed by atoms with van der Waals surface area (Å²) in [5.74, 6) is 0.650. The van der Waals surface area contributed by atoms with Crippen molar-refractivity contribution in [3.05, 3.63) is 187 Å². The number of furan rings is 1. The van der Waals surface area contributed by atoms with Crippen LogP contribution in [0.1, 0.15) is 15.2 Å². The summed E-state index contributed by atoms with van der Waals surface area (Å²) < 4.78 is 36.1. The number of aromatic nitrogens is 4. The second-order valence-corrected chi connectivity index (χ2v) is 21.0. The van der Waals surface area contributed by atoms with Gasteiger partial charge in [-0.2, -0.15) is 0 Å². The zero-order valence-corrected chi connectivity index (χ0v) is 37.5. The molecule has 0 aliphatic carbocycles. The van der Waals surface area contributed by atoms with E-state index >= 15 is 0 Å². The minimum absolute atomic E-state index is 0. The van der Waals surface area contributed by atoms with Gasteiger partial charge in [-0.05, 0) is 76.7 Å². The molecule has 0 fully saturated rings. The van der Waals surface area contributed by atoms with E-state index in [0.29, 0.717) is 11.4 Å². The molecule has 60 heavy (non-hydrogen) atoms. The molecular weight excluding hydrogens is 929 g/mol. The van der Waals surface area contributed by atoms with Gasteiger partial charge in [0.15, 0.2) is 5.82 Å². The van der Waals surface area contributed by atoms with Crippen molar-refractivity contribution in [2.45, 2.75) is 33.4 Å². The molecule has 0 bridgehead atoms. The van der Waals surface area contributed by atoms with Crippen molar-refractivity contribution in [3.8, 4) is 50.6 Å². The Balaban J connectivity index is 0.000000271. The zero-order valence-electron chi connectivity index (χ0n) is 37.1. The fourth-order valence-electron chi connectivity index (χ4n) is 7.82. The fraction of sp³-hybridized carbons (Fsp3) is 0.113. The Hall–Kier alpha value is -6.24. The monoisotopic (exact) mass is 977 g/mol. The number of rotatable bonds is 6. The predicted octanol–water partition coefficient (Wildman–Crippen LogP) is 12.3. The van der Waals surface area contributed by atoms with E-state index in [1.807, 2.05) is 129 Å². The summed E-state index contributed by atoms with van der Waals surface area (Å²) in [6.07, 6.45) is 4.10. The number of para-hydroxylation sites is 1. The maximum absolute atomic E-state index is 8.44. The van der Waals surface area contributed by atoms with E-state index in [-0.39, 0.29) is 25.7 Å². The number of hydrogen-bond donors (Lipinski definition) is 0. The van der Waals surface area contributed by atoms with Crippen LogP contribution in [-0.2, 0) is 27.2 Å². The van der Waals surface area contributed by atoms with E-state index < -0.39 is 14.9 Å². The van der Waals surface area contributed by atoms with Crippen molar-refractivity contribution >= 4 is 46.4 Å². The van der Waals surface area contributed by atoms with E-state index in [4.69, 9.17) is 13.5 Å². The Morgan fingerprint density at radius 3 is 2.03 bits per heavy atom. The SMILES string of the molecule is C[Si](C)(C)c1ccc(-c2[c-]cccc2)nc1.[2H]C([2H])([2H])c1cc(-c2ccccc2)c(-n2c(-c3[c-]ccc4c3oc3ccccc34)nc3cc(C)c[n+](C)c32)c(-c2ccccc2)c1.[Ir]. The van der Waals surface area contributed by atoms with Gasteiger partial charge in [0, 0.05) is 46.9 Å². The molecule has 0 amide bonds. The van der Waals surface area contributed by atoms with E-state index in [1.165, 1.54) is 5.19 Å². The fourth-order valence-corrected chi connectivity index (χ4v) is 8.86. The van der Waals surface area contributed by atoms with Crippen LogP contribution in [0.25, 0.3) is 83.7 Å². The Morgan fingerprint density at radius 2 is 1.40 bits per heavy atom. The third-order valence-electron chi connectivity index (χ3n) is 10.7. The van der Waals surface area contributed by atoms with Gasteiger partial charge in [0.2, 0.25) is 0 Å². The molecule has 5 nitrogen and oxygen atoms in total. The largest absolute Gasteiger partial charge is 0.500 e. The van der Waals surface area contributed by atoms with Gasteiger partial charge in [-0.3, -0.25) is 0 Å². The van der Waals surface area contributed by atoms with Crippen molar-refractivity contribution in [1.29, 1.82) is 0 Å². The molecule has 7 heteroatoms. The third kappa shape index (κ3) is 7.80. The van der Waals surface area contributed by atoms with Gasteiger partial charge in [-0.25, -0.2) is 14.1 Å². The number of pyridine rings is 2. The predicted molar refractivity (Wildman–Crippen MR) is 246 cm³/mol. The van der Waals surface area contributed by atoms with Crippen LogP contribution < -0.4 is 9.75 Å². The summed E-state index contributed by atoms with van der Waals surface area (Å²) in [4.78, 5) is 9.80. The van der Waals surface area contributed by atoms with Gasteiger partial charge >= 0.3 is 5.65 Å². The Morgan fingerprint density at radius 1 is 0.717 bits per heavy atom. The van der Waals surface area contributed by atoms with Crippen LogP contribution in [-0.4, -0.2) is 22.6 Å². The molecule has 0 N–H and O–H groups in total. The molecule has 0 aliphatic rings. The third-order valence-corrected chi connectivity index (χ3v) is 12.7. The molecule has 0 saturated carbocycles. The molecule has 10 aromatic rings. The normalized spacial score (nSPS) is 12.3. The molecular formula is C53H45IrN4OSi-. The van der Waals surface area contributed by atoms with Crippen LogP contribution in [0.15, 0.2) is 168 Å². The molecule has 4 aromatic heterocycles.